The normalized spacial score (nSPS) is 34.9. The number of benzene rings is 1. The van der Waals surface area contributed by atoms with Gasteiger partial charge in [-0.3, -0.25) is 14.6 Å². The molecule has 1 amide bonds. The summed E-state index contributed by atoms with van der Waals surface area (Å²) < 4.78 is 0. The fourth-order valence-corrected chi connectivity index (χ4v) is 13.6. The first kappa shape index (κ1) is 47.6. The molecule has 6 aliphatic rings. The van der Waals surface area contributed by atoms with Gasteiger partial charge in [0.05, 0.1) is 12.1 Å². The minimum Gasteiger partial charge on any atom is -0.478 e. The molecule has 6 nitrogen and oxygen atoms in total. The molecule has 1 aromatic carbocycles. The van der Waals surface area contributed by atoms with Crippen molar-refractivity contribution >= 4 is 17.4 Å². The van der Waals surface area contributed by atoms with Crippen LogP contribution >= 0.6 is 0 Å². The van der Waals surface area contributed by atoms with Crippen LogP contribution in [0.3, 0.4) is 0 Å². The average molecular weight is 778 g/mol. The molecule has 8 atom stereocenters. The van der Waals surface area contributed by atoms with Gasteiger partial charge in [-0.1, -0.05) is 65.3 Å². The number of carboxylic acids is 1. The number of amides is 1. The summed E-state index contributed by atoms with van der Waals surface area (Å²) >= 11 is 0. The van der Waals surface area contributed by atoms with E-state index in [0.717, 1.165) is 45.4 Å². The van der Waals surface area contributed by atoms with E-state index in [1.807, 2.05) is 19.1 Å². The fourth-order valence-electron chi connectivity index (χ4n) is 13.6. The number of allylic oxidation sites excluding steroid dienone is 3. The van der Waals surface area contributed by atoms with E-state index < -0.39 is 5.97 Å². The SMILES string of the molecule is C#C.C#C.C#C.C=CC.CC(C)N1CCN(CC(=O)N[C@]23CCCC2[C@H]2CCC4[C@@]5(C)CC=C(c6ccc(C(=O)O)cc6)C(C)(C)C5CC[C@@]4(C)[C@]2(C)CC3)CC1. The van der Waals surface area contributed by atoms with Gasteiger partial charge in [0.1, 0.15) is 0 Å². The molecule has 0 radical (unpaired) electrons. The second-order valence-corrected chi connectivity index (χ2v) is 19.1. The summed E-state index contributed by atoms with van der Waals surface area (Å²) in [5.41, 5.74) is 3.78. The van der Waals surface area contributed by atoms with Gasteiger partial charge in [-0.05, 0) is 147 Å². The maximum Gasteiger partial charge on any atom is 0.335 e. The first-order chi connectivity index (χ1) is 27.1. The number of rotatable bonds is 6. The van der Waals surface area contributed by atoms with E-state index in [1.165, 1.54) is 56.1 Å². The number of hydrogen-bond acceptors (Lipinski definition) is 4. The molecule has 0 spiro atoms. The number of aromatic carboxylic acids is 1. The Morgan fingerprint density at radius 1 is 0.825 bits per heavy atom. The lowest BCUT2D eigenvalue weighted by Crippen LogP contribution is -2.68. The molecule has 4 saturated carbocycles. The highest BCUT2D eigenvalue weighted by Crippen LogP contribution is 2.76. The van der Waals surface area contributed by atoms with Crippen LogP contribution in [0.5, 0.6) is 0 Å². The number of nitrogens with zero attached hydrogens (tertiary/aromatic N) is 2. The summed E-state index contributed by atoms with van der Waals surface area (Å²) in [5.74, 6) is 1.96. The lowest BCUT2D eigenvalue weighted by molar-refractivity contribution is -0.217. The van der Waals surface area contributed by atoms with E-state index in [0.29, 0.717) is 52.7 Å². The first-order valence-electron chi connectivity index (χ1n) is 21.4. The molecule has 1 aliphatic heterocycles. The minimum absolute atomic E-state index is 0.00796. The van der Waals surface area contributed by atoms with Gasteiger partial charge in [0.15, 0.2) is 0 Å². The fraction of sp³-hybridized carbons (Fsp3) is 0.647. The van der Waals surface area contributed by atoms with Crippen molar-refractivity contribution in [2.45, 2.75) is 131 Å². The number of terminal acetylenes is 3. The van der Waals surface area contributed by atoms with Crippen molar-refractivity contribution in [3.63, 3.8) is 0 Å². The van der Waals surface area contributed by atoms with E-state index in [4.69, 9.17) is 0 Å². The zero-order valence-corrected chi connectivity index (χ0v) is 36.8. The maximum absolute atomic E-state index is 13.7. The predicted molar refractivity (Wildman–Crippen MR) is 239 cm³/mol. The molecule has 6 heteroatoms. The van der Waals surface area contributed by atoms with Crippen LogP contribution in [0.15, 0.2) is 43.0 Å². The molecule has 1 saturated heterocycles. The molecule has 2 N–H and O–H groups in total. The van der Waals surface area contributed by atoms with E-state index in [-0.39, 0.29) is 22.3 Å². The van der Waals surface area contributed by atoms with Gasteiger partial charge in [-0.15, -0.1) is 45.1 Å². The summed E-state index contributed by atoms with van der Waals surface area (Å²) in [6, 6.07) is 8.17. The second-order valence-electron chi connectivity index (χ2n) is 19.1. The summed E-state index contributed by atoms with van der Waals surface area (Å²) in [4.78, 5) is 30.1. The molecule has 5 aliphatic carbocycles. The van der Waals surface area contributed by atoms with Crippen LogP contribution in [0.2, 0.25) is 0 Å². The van der Waals surface area contributed by atoms with Gasteiger partial charge in [0.25, 0.3) is 0 Å². The Bertz CT molecular complexity index is 1610. The summed E-state index contributed by atoms with van der Waals surface area (Å²) in [5, 5.41) is 13.2. The second kappa shape index (κ2) is 19.3. The molecule has 57 heavy (non-hydrogen) atoms. The van der Waals surface area contributed by atoms with Gasteiger partial charge < -0.3 is 10.4 Å². The summed E-state index contributed by atoms with van der Waals surface area (Å²) in [7, 11) is 0. The highest BCUT2D eigenvalue weighted by atomic mass is 16.4. The third kappa shape index (κ3) is 8.68. The highest BCUT2D eigenvalue weighted by molar-refractivity contribution is 5.88. The van der Waals surface area contributed by atoms with E-state index in [1.54, 1.807) is 18.2 Å². The Kier molecular flexibility index (Phi) is 16.1. The molecule has 0 bridgehead atoms. The van der Waals surface area contributed by atoms with Crippen LogP contribution in [0.1, 0.15) is 136 Å². The monoisotopic (exact) mass is 778 g/mol. The first-order valence-corrected chi connectivity index (χ1v) is 21.4. The number of piperazine rings is 1. The smallest absolute Gasteiger partial charge is 0.335 e. The largest absolute Gasteiger partial charge is 0.478 e. The van der Waals surface area contributed by atoms with Crippen molar-refractivity contribution < 1.29 is 14.7 Å². The Morgan fingerprint density at radius 3 is 1.98 bits per heavy atom. The van der Waals surface area contributed by atoms with Crippen LogP contribution in [0, 0.1) is 83.9 Å². The van der Waals surface area contributed by atoms with E-state index >= 15 is 0 Å². The standard InChI is InChI=1S/C42H63N3O3.C3H6.3C2H2/c1-28(2)45-25-23-44(24-26-45)27-36(46)43-42-18-8-9-33(42)32-14-15-35-39(5)19-16-31(29-10-12-30(13-11-29)37(47)48)38(3,4)34(39)17-20-41(35,7)40(32,6)21-22-42;1-3-2;3*1-2/h10-13,16,28,32-35H,8-9,14-15,17-27H2,1-7H3,(H,43,46)(H,47,48);3H,1H2,2H3;3*1-2H/t32-,33?,34?,35?,39+,40-,41-,42+;;;;/m1..../s1. The number of carboxylic acid groups (broad SMARTS) is 1. The molecule has 5 fully saturated rings. The Labute approximate surface area is 348 Å². The average Bonchev–Trinajstić information content (AvgIpc) is 3.61. The minimum atomic E-state index is -0.864. The lowest BCUT2D eigenvalue weighted by Gasteiger charge is -2.72. The van der Waals surface area contributed by atoms with Crippen molar-refractivity contribution in [2.24, 2.45) is 45.3 Å². The third-order valence-corrected chi connectivity index (χ3v) is 16.3. The quantitative estimate of drug-likeness (QED) is 0.222. The Morgan fingerprint density at radius 2 is 1.42 bits per heavy atom. The van der Waals surface area contributed by atoms with Gasteiger partial charge in [-0.25, -0.2) is 4.79 Å². The molecule has 312 valence electrons. The zero-order valence-electron chi connectivity index (χ0n) is 36.8. The van der Waals surface area contributed by atoms with Crippen molar-refractivity contribution in [3.8, 4) is 38.5 Å². The van der Waals surface area contributed by atoms with Crippen LogP contribution in [0.4, 0.5) is 0 Å². The van der Waals surface area contributed by atoms with Crippen LogP contribution < -0.4 is 5.32 Å². The maximum atomic E-state index is 13.7. The van der Waals surface area contributed by atoms with Crippen LogP contribution in [0.25, 0.3) is 5.57 Å². The van der Waals surface area contributed by atoms with Crippen LogP contribution in [-0.2, 0) is 4.79 Å². The Balaban J connectivity index is 0.000000899. The van der Waals surface area contributed by atoms with Gasteiger partial charge in [0, 0.05) is 37.8 Å². The summed E-state index contributed by atoms with van der Waals surface area (Å²) in [6.07, 6.45) is 40.6. The topological polar surface area (TPSA) is 72.9 Å². The number of nitrogens with one attached hydrogen (secondary N) is 1. The van der Waals surface area contributed by atoms with Crippen molar-refractivity contribution in [3.05, 3.63) is 54.1 Å². The lowest BCUT2D eigenvalue weighted by atomic mass is 9.33. The molecule has 0 aromatic heterocycles. The van der Waals surface area contributed by atoms with E-state index in [2.05, 4.69) is 115 Å². The number of hydrogen-bond donors (Lipinski definition) is 2. The Hall–Kier alpha value is -3.76. The molecule has 1 aromatic rings. The predicted octanol–water partition coefficient (Wildman–Crippen LogP) is 10.1. The number of carbonyl (C=O) groups is 2. The summed E-state index contributed by atoms with van der Waals surface area (Å²) in [6.45, 7) is 27.4. The van der Waals surface area contributed by atoms with Gasteiger partial charge in [-0.2, -0.15) is 0 Å². The number of fused-ring (bicyclic) bond motifs is 7. The van der Waals surface area contributed by atoms with Gasteiger partial charge in [0.2, 0.25) is 5.91 Å². The molecular weight excluding hydrogens is 703 g/mol. The third-order valence-electron chi connectivity index (χ3n) is 16.3. The van der Waals surface area contributed by atoms with E-state index in [9.17, 15) is 14.7 Å². The van der Waals surface area contributed by atoms with Crippen molar-refractivity contribution in [1.29, 1.82) is 0 Å². The van der Waals surface area contributed by atoms with Gasteiger partial charge >= 0.3 is 5.97 Å². The van der Waals surface area contributed by atoms with Crippen molar-refractivity contribution in [2.75, 3.05) is 32.7 Å². The highest BCUT2D eigenvalue weighted by Gasteiger charge is 2.69. The zero-order chi connectivity index (χ0) is 43.0. The molecular formula is C51H75N3O3. The molecule has 7 rings (SSSR count). The number of carbonyl (C=O) groups excluding carboxylic acids is 1. The van der Waals surface area contributed by atoms with Crippen LogP contribution in [-0.4, -0.2) is 71.1 Å². The van der Waals surface area contributed by atoms with Crippen molar-refractivity contribution in [1.82, 2.24) is 15.1 Å². The molecule has 3 unspecified atom stereocenters. The molecule has 1 heterocycles.